The van der Waals surface area contributed by atoms with Gasteiger partial charge in [-0.15, -0.1) is 0 Å². The Bertz CT molecular complexity index is 286. The Morgan fingerprint density at radius 1 is 1.33 bits per heavy atom. The first-order chi connectivity index (χ1) is 8.46. The Hall–Kier alpha value is -1.16. The maximum Gasteiger partial charge on any atom is 0.335 e. The summed E-state index contributed by atoms with van der Waals surface area (Å²) in [6.45, 7) is 8.85. The van der Waals surface area contributed by atoms with E-state index in [0.717, 1.165) is 6.42 Å². The molecule has 0 radical (unpaired) electrons. The lowest BCUT2D eigenvalue weighted by Crippen LogP contribution is -2.27. The summed E-state index contributed by atoms with van der Waals surface area (Å²) >= 11 is 0. The van der Waals surface area contributed by atoms with Crippen LogP contribution in [-0.4, -0.2) is 31.1 Å². The van der Waals surface area contributed by atoms with Gasteiger partial charge in [0, 0.05) is 13.0 Å². The molecule has 0 heterocycles. The summed E-state index contributed by atoms with van der Waals surface area (Å²) in [4.78, 5) is 22.8. The van der Waals surface area contributed by atoms with Crippen LogP contribution < -0.4 is 0 Å². The second kappa shape index (κ2) is 8.86. The summed E-state index contributed by atoms with van der Waals surface area (Å²) in [7, 11) is 1.46. The van der Waals surface area contributed by atoms with Crippen molar-refractivity contribution in [1.82, 2.24) is 0 Å². The van der Waals surface area contributed by atoms with Gasteiger partial charge in [0.25, 0.3) is 0 Å². The maximum absolute atomic E-state index is 11.5. The Morgan fingerprint density at radius 3 is 2.33 bits per heavy atom. The maximum atomic E-state index is 11.5. The number of hydrogen-bond donors (Lipinski definition) is 0. The quantitative estimate of drug-likeness (QED) is 0.470. The van der Waals surface area contributed by atoms with Gasteiger partial charge < -0.3 is 9.47 Å². The first kappa shape index (κ1) is 16.8. The van der Waals surface area contributed by atoms with E-state index >= 15 is 0 Å². The Labute approximate surface area is 109 Å². The van der Waals surface area contributed by atoms with Gasteiger partial charge in [0.1, 0.15) is 11.9 Å². The van der Waals surface area contributed by atoms with Crippen LogP contribution >= 0.6 is 0 Å². The number of rotatable bonds is 9. The van der Waals surface area contributed by atoms with Crippen LogP contribution in [-0.2, 0) is 19.1 Å². The summed E-state index contributed by atoms with van der Waals surface area (Å²) in [5.74, 6) is -0.193. The molecular weight excluding hydrogens is 232 g/mol. The molecule has 0 N–H and O–H groups in total. The molecule has 104 valence electrons. The van der Waals surface area contributed by atoms with Crippen molar-refractivity contribution in [2.75, 3.05) is 7.11 Å². The number of carbonyl (C=O) groups excluding carboxylic acids is 2. The van der Waals surface area contributed by atoms with Crippen LogP contribution in [0.4, 0.5) is 0 Å². The van der Waals surface area contributed by atoms with Crippen molar-refractivity contribution in [3.05, 3.63) is 12.7 Å². The lowest BCUT2D eigenvalue weighted by Gasteiger charge is -2.18. The third kappa shape index (κ3) is 5.96. The minimum absolute atomic E-state index is 0.0333. The van der Waals surface area contributed by atoms with Gasteiger partial charge in [-0.1, -0.05) is 19.6 Å². The molecule has 0 aromatic carbocycles. The van der Waals surface area contributed by atoms with Gasteiger partial charge in [-0.25, -0.2) is 4.79 Å². The van der Waals surface area contributed by atoms with Crippen molar-refractivity contribution >= 4 is 11.8 Å². The van der Waals surface area contributed by atoms with E-state index in [-0.39, 0.29) is 17.8 Å². The lowest BCUT2D eigenvalue weighted by atomic mass is 9.95. The predicted molar refractivity (Wildman–Crippen MR) is 70.2 cm³/mol. The smallest absolute Gasteiger partial charge is 0.335 e. The molecule has 0 saturated carbocycles. The summed E-state index contributed by atoms with van der Waals surface area (Å²) in [6, 6.07) is 0. The van der Waals surface area contributed by atoms with Crippen molar-refractivity contribution in [1.29, 1.82) is 0 Å². The molecule has 18 heavy (non-hydrogen) atoms. The van der Waals surface area contributed by atoms with Crippen LogP contribution in [0.1, 0.15) is 40.0 Å². The molecule has 0 saturated heterocycles. The van der Waals surface area contributed by atoms with Crippen LogP contribution in [0.15, 0.2) is 12.7 Å². The van der Waals surface area contributed by atoms with Gasteiger partial charge in [0.15, 0.2) is 6.10 Å². The highest BCUT2D eigenvalue weighted by Crippen LogP contribution is 2.16. The van der Waals surface area contributed by atoms with Crippen molar-refractivity contribution in [2.45, 2.75) is 52.2 Å². The molecule has 3 unspecified atom stereocenters. The molecule has 0 amide bonds. The number of ether oxygens (including phenoxy) is 2. The molecule has 0 fully saturated rings. The van der Waals surface area contributed by atoms with Gasteiger partial charge in [-0.05, 0) is 33.1 Å². The molecule has 0 aliphatic carbocycles. The Kier molecular flexibility index (Phi) is 8.29. The van der Waals surface area contributed by atoms with E-state index in [1.807, 2.05) is 6.92 Å². The number of Topliss-reactive ketones (excluding diaryl/α,β-unsaturated/α-hetero) is 1. The van der Waals surface area contributed by atoms with Crippen molar-refractivity contribution in [3.8, 4) is 0 Å². The molecule has 4 nitrogen and oxygen atoms in total. The van der Waals surface area contributed by atoms with Crippen LogP contribution in [0.2, 0.25) is 0 Å². The highest BCUT2D eigenvalue weighted by Gasteiger charge is 2.19. The topological polar surface area (TPSA) is 52.6 Å². The third-order valence-corrected chi connectivity index (χ3v) is 3.08. The van der Waals surface area contributed by atoms with E-state index in [4.69, 9.17) is 9.47 Å². The van der Waals surface area contributed by atoms with Gasteiger partial charge in [-0.2, -0.15) is 0 Å². The summed E-state index contributed by atoms with van der Waals surface area (Å²) < 4.78 is 10.1. The Balaban J connectivity index is 4.23. The average Bonchev–Trinajstić information content (AvgIpc) is 2.36. The van der Waals surface area contributed by atoms with Crippen molar-refractivity contribution in [2.24, 2.45) is 5.92 Å². The fourth-order valence-corrected chi connectivity index (χ4v) is 1.63. The first-order valence-corrected chi connectivity index (χ1v) is 6.32. The highest BCUT2D eigenvalue weighted by atomic mass is 16.6. The lowest BCUT2D eigenvalue weighted by molar-refractivity contribution is -0.157. The van der Waals surface area contributed by atoms with Gasteiger partial charge in [0.2, 0.25) is 0 Å². The normalized spacial score (nSPS) is 15.6. The zero-order valence-electron chi connectivity index (χ0n) is 11.8. The number of esters is 1. The molecule has 0 aromatic rings. The minimum Gasteiger partial charge on any atom is -0.456 e. The van der Waals surface area contributed by atoms with Gasteiger partial charge in [-0.3, -0.25) is 4.79 Å². The molecule has 0 aromatic heterocycles. The van der Waals surface area contributed by atoms with E-state index in [1.54, 1.807) is 19.9 Å². The van der Waals surface area contributed by atoms with E-state index in [9.17, 15) is 9.59 Å². The van der Waals surface area contributed by atoms with Crippen LogP contribution in [0, 0.1) is 5.92 Å². The molecule has 3 atom stereocenters. The van der Waals surface area contributed by atoms with E-state index in [0.29, 0.717) is 12.8 Å². The largest absolute Gasteiger partial charge is 0.456 e. The summed E-state index contributed by atoms with van der Waals surface area (Å²) in [5.41, 5.74) is 0. The molecule has 0 aliphatic rings. The second-order valence-corrected chi connectivity index (χ2v) is 4.38. The molecule has 4 heteroatoms. The Morgan fingerprint density at radius 2 is 1.94 bits per heavy atom. The standard InChI is InChI=1S/C14H24O4/c1-6-12(10(3)15)8-9-13(7-2)18-14(16)11(4)17-5/h7,11-13H,2,6,8-9H2,1,3-5H3. The molecule has 0 aliphatic heterocycles. The first-order valence-electron chi connectivity index (χ1n) is 6.32. The van der Waals surface area contributed by atoms with Gasteiger partial charge >= 0.3 is 5.97 Å². The molecule has 0 rings (SSSR count). The predicted octanol–water partition coefficient (Wildman–Crippen LogP) is 2.51. The number of methoxy groups -OCH3 is 1. The van der Waals surface area contributed by atoms with Gasteiger partial charge in [0.05, 0.1) is 0 Å². The molecule has 0 spiro atoms. The second-order valence-electron chi connectivity index (χ2n) is 4.38. The van der Waals surface area contributed by atoms with Crippen LogP contribution in [0.5, 0.6) is 0 Å². The number of carbonyl (C=O) groups is 2. The molecule has 0 bridgehead atoms. The number of hydrogen-bond acceptors (Lipinski definition) is 4. The fraction of sp³-hybridized carbons (Fsp3) is 0.714. The zero-order valence-corrected chi connectivity index (χ0v) is 11.8. The average molecular weight is 256 g/mol. The van der Waals surface area contributed by atoms with Crippen molar-refractivity contribution < 1.29 is 19.1 Å². The third-order valence-electron chi connectivity index (χ3n) is 3.08. The summed E-state index contributed by atoms with van der Waals surface area (Å²) in [6.07, 6.45) is 2.78. The number of ketones is 1. The minimum atomic E-state index is -0.581. The van der Waals surface area contributed by atoms with E-state index < -0.39 is 12.1 Å². The van der Waals surface area contributed by atoms with E-state index in [1.165, 1.54) is 7.11 Å². The molecular formula is C14H24O4. The fourth-order valence-electron chi connectivity index (χ4n) is 1.63. The SMILES string of the molecule is C=CC(CCC(CC)C(C)=O)OC(=O)C(C)OC. The zero-order chi connectivity index (χ0) is 14.1. The van der Waals surface area contributed by atoms with Crippen molar-refractivity contribution in [3.63, 3.8) is 0 Å². The monoisotopic (exact) mass is 256 g/mol. The van der Waals surface area contributed by atoms with Crippen LogP contribution in [0.25, 0.3) is 0 Å². The van der Waals surface area contributed by atoms with E-state index in [2.05, 4.69) is 6.58 Å². The van der Waals surface area contributed by atoms with Crippen LogP contribution in [0.3, 0.4) is 0 Å². The highest BCUT2D eigenvalue weighted by molar-refractivity contribution is 5.78. The summed E-state index contributed by atoms with van der Waals surface area (Å²) in [5, 5.41) is 0.